The van der Waals surface area contributed by atoms with E-state index in [1.54, 1.807) is 7.11 Å². The maximum absolute atomic E-state index is 11.8. The van der Waals surface area contributed by atoms with Crippen molar-refractivity contribution in [2.75, 3.05) is 20.3 Å². The summed E-state index contributed by atoms with van der Waals surface area (Å²) in [6, 6.07) is 0. The summed E-state index contributed by atoms with van der Waals surface area (Å²) in [5.74, 6) is -0.952. The maximum Gasteiger partial charge on any atom is 0.303 e. The number of carboxylic acid groups (broad SMARTS) is 1. The van der Waals surface area contributed by atoms with Crippen molar-refractivity contribution in [3.05, 3.63) is 12.4 Å². The first-order chi connectivity index (χ1) is 8.95. The van der Waals surface area contributed by atoms with Gasteiger partial charge in [-0.05, 0) is 6.42 Å². The Bertz CT molecular complexity index is 511. The number of nitrogens with one attached hydrogen (secondary N) is 1. The zero-order valence-electron chi connectivity index (χ0n) is 10.6. The zero-order valence-corrected chi connectivity index (χ0v) is 11.4. The smallest absolute Gasteiger partial charge is 0.303 e. The highest BCUT2D eigenvalue weighted by molar-refractivity contribution is 7.89. The second kappa shape index (κ2) is 7.22. The molecule has 0 saturated heterocycles. The van der Waals surface area contributed by atoms with Gasteiger partial charge in [0.2, 0.25) is 10.0 Å². The van der Waals surface area contributed by atoms with Crippen LogP contribution in [0.15, 0.2) is 17.3 Å². The van der Waals surface area contributed by atoms with Crippen LogP contribution < -0.4 is 4.72 Å². The van der Waals surface area contributed by atoms with E-state index in [1.807, 2.05) is 0 Å². The second-order valence-corrected chi connectivity index (χ2v) is 5.59. The van der Waals surface area contributed by atoms with E-state index in [4.69, 9.17) is 9.84 Å². The van der Waals surface area contributed by atoms with Crippen LogP contribution in [0.25, 0.3) is 0 Å². The van der Waals surface area contributed by atoms with Crippen molar-refractivity contribution < 1.29 is 23.1 Å². The van der Waals surface area contributed by atoms with Gasteiger partial charge < -0.3 is 9.84 Å². The van der Waals surface area contributed by atoms with Gasteiger partial charge in [0.15, 0.2) is 0 Å². The molecule has 1 aromatic rings. The molecule has 0 aromatic carbocycles. The number of aliphatic carboxylic acids is 1. The van der Waals surface area contributed by atoms with Crippen LogP contribution >= 0.6 is 0 Å². The van der Waals surface area contributed by atoms with Crippen molar-refractivity contribution >= 4 is 16.0 Å². The Morgan fingerprint density at radius 2 is 2.32 bits per heavy atom. The van der Waals surface area contributed by atoms with Crippen LogP contribution in [0.3, 0.4) is 0 Å². The number of sulfonamides is 1. The fraction of sp³-hybridized carbons (Fsp3) is 0.600. The van der Waals surface area contributed by atoms with E-state index in [0.29, 0.717) is 13.2 Å². The molecule has 0 amide bonds. The van der Waals surface area contributed by atoms with Crippen molar-refractivity contribution in [1.29, 1.82) is 0 Å². The Morgan fingerprint density at radius 3 is 2.95 bits per heavy atom. The molecule has 0 bridgehead atoms. The Kier molecular flexibility index (Phi) is 5.93. The minimum absolute atomic E-state index is 0.0546. The Balaban J connectivity index is 2.52. The topological polar surface area (TPSA) is 111 Å². The monoisotopic (exact) mass is 291 g/mol. The number of hydrogen-bond acceptors (Lipinski definition) is 5. The molecular formula is C10H17N3O5S. The van der Waals surface area contributed by atoms with E-state index in [2.05, 4.69) is 9.82 Å². The molecule has 0 unspecified atom stereocenters. The van der Waals surface area contributed by atoms with Crippen LogP contribution in [0.5, 0.6) is 0 Å². The molecule has 0 aliphatic rings. The molecule has 0 atom stereocenters. The molecule has 19 heavy (non-hydrogen) atoms. The normalized spacial score (nSPS) is 11.6. The first kappa shape index (κ1) is 15.6. The van der Waals surface area contributed by atoms with E-state index < -0.39 is 16.0 Å². The number of hydrogen-bond donors (Lipinski definition) is 2. The second-order valence-electron chi connectivity index (χ2n) is 3.83. The van der Waals surface area contributed by atoms with Crippen LogP contribution in [-0.4, -0.2) is 49.5 Å². The van der Waals surface area contributed by atoms with Gasteiger partial charge in [-0.25, -0.2) is 13.1 Å². The Hall–Kier alpha value is -1.45. The quantitative estimate of drug-likeness (QED) is 0.603. The summed E-state index contributed by atoms with van der Waals surface area (Å²) in [6.45, 7) is 0.982. The predicted octanol–water partition coefficient (Wildman–Crippen LogP) is -0.327. The molecule has 0 spiro atoms. The first-order valence-electron chi connectivity index (χ1n) is 5.68. The molecule has 0 saturated carbocycles. The number of carboxylic acids is 1. The van der Waals surface area contributed by atoms with E-state index in [-0.39, 0.29) is 24.3 Å². The predicted molar refractivity (Wildman–Crippen MR) is 66.2 cm³/mol. The summed E-state index contributed by atoms with van der Waals surface area (Å²) < 4.78 is 32.3. The van der Waals surface area contributed by atoms with Gasteiger partial charge in [-0.15, -0.1) is 0 Å². The van der Waals surface area contributed by atoms with E-state index in [1.165, 1.54) is 17.1 Å². The maximum atomic E-state index is 11.8. The summed E-state index contributed by atoms with van der Waals surface area (Å²) in [7, 11) is -2.08. The van der Waals surface area contributed by atoms with Crippen LogP contribution in [0.2, 0.25) is 0 Å². The fourth-order valence-electron chi connectivity index (χ4n) is 1.32. The molecule has 0 fully saturated rings. The third kappa shape index (κ3) is 5.37. The summed E-state index contributed by atoms with van der Waals surface area (Å²) in [6.07, 6.45) is 2.82. The molecule has 8 nitrogen and oxygen atoms in total. The largest absolute Gasteiger partial charge is 0.481 e. The minimum Gasteiger partial charge on any atom is -0.481 e. The van der Waals surface area contributed by atoms with Crippen molar-refractivity contribution in [2.45, 2.75) is 24.3 Å². The van der Waals surface area contributed by atoms with Gasteiger partial charge in [0.25, 0.3) is 0 Å². The van der Waals surface area contributed by atoms with Crippen LogP contribution in [0.4, 0.5) is 0 Å². The number of methoxy groups -OCH3 is 1. The number of aromatic nitrogens is 2. The van der Waals surface area contributed by atoms with Gasteiger partial charge in [-0.2, -0.15) is 5.10 Å². The molecule has 1 heterocycles. The van der Waals surface area contributed by atoms with Crippen molar-refractivity contribution in [2.24, 2.45) is 0 Å². The lowest BCUT2D eigenvalue weighted by Gasteiger charge is -2.03. The fourth-order valence-corrected chi connectivity index (χ4v) is 2.35. The van der Waals surface area contributed by atoms with Gasteiger partial charge in [0.05, 0.1) is 19.3 Å². The minimum atomic E-state index is -3.63. The molecule has 0 radical (unpaired) electrons. The summed E-state index contributed by atoms with van der Waals surface area (Å²) in [4.78, 5) is 10.3. The third-order valence-electron chi connectivity index (χ3n) is 2.30. The lowest BCUT2D eigenvalue weighted by Crippen LogP contribution is -2.25. The molecule has 108 valence electrons. The molecule has 2 N–H and O–H groups in total. The van der Waals surface area contributed by atoms with E-state index >= 15 is 0 Å². The van der Waals surface area contributed by atoms with Crippen LogP contribution in [0.1, 0.15) is 12.8 Å². The van der Waals surface area contributed by atoms with Gasteiger partial charge in [-0.1, -0.05) is 0 Å². The molecule has 0 aliphatic carbocycles. The molecule has 1 rings (SSSR count). The number of carbonyl (C=O) groups is 1. The average Bonchev–Trinajstić information content (AvgIpc) is 2.81. The first-order valence-corrected chi connectivity index (χ1v) is 7.17. The zero-order chi connectivity index (χ0) is 14.3. The number of nitrogens with zero attached hydrogens (tertiary/aromatic N) is 2. The molecular weight excluding hydrogens is 274 g/mol. The molecule has 0 aliphatic heterocycles. The van der Waals surface area contributed by atoms with Gasteiger partial charge in [0, 0.05) is 26.3 Å². The molecule has 9 heteroatoms. The standard InChI is InChI=1S/C10H17N3O5S/c1-18-6-5-13-8-9(7-11-13)19(16,17)12-4-2-3-10(14)15/h7-8,12H,2-6H2,1H3,(H,14,15). The highest BCUT2D eigenvalue weighted by Gasteiger charge is 2.15. The van der Waals surface area contributed by atoms with Gasteiger partial charge >= 0.3 is 5.97 Å². The van der Waals surface area contributed by atoms with Gasteiger partial charge in [-0.3, -0.25) is 9.48 Å². The number of ether oxygens (including phenoxy) is 1. The highest BCUT2D eigenvalue weighted by Crippen LogP contribution is 2.06. The lowest BCUT2D eigenvalue weighted by molar-refractivity contribution is -0.137. The Morgan fingerprint density at radius 1 is 1.58 bits per heavy atom. The van der Waals surface area contributed by atoms with E-state index in [9.17, 15) is 13.2 Å². The summed E-state index contributed by atoms with van der Waals surface area (Å²) >= 11 is 0. The average molecular weight is 291 g/mol. The van der Waals surface area contributed by atoms with Crippen molar-refractivity contribution in [3.63, 3.8) is 0 Å². The number of rotatable bonds is 9. The van der Waals surface area contributed by atoms with Crippen molar-refractivity contribution in [1.82, 2.24) is 14.5 Å². The summed E-state index contributed by atoms with van der Waals surface area (Å²) in [5, 5.41) is 12.3. The Labute approximate surface area is 111 Å². The highest BCUT2D eigenvalue weighted by atomic mass is 32.2. The van der Waals surface area contributed by atoms with Crippen LogP contribution in [0, 0.1) is 0 Å². The lowest BCUT2D eigenvalue weighted by atomic mass is 10.3. The summed E-state index contributed by atoms with van der Waals surface area (Å²) in [5.41, 5.74) is 0. The van der Waals surface area contributed by atoms with Crippen LogP contribution in [-0.2, 0) is 26.1 Å². The molecule has 1 aromatic heterocycles. The van der Waals surface area contributed by atoms with Crippen molar-refractivity contribution in [3.8, 4) is 0 Å². The third-order valence-corrected chi connectivity index (χ3v) is 3.72. The van der Waals surface area contributed by atoms with Gasteiger partial charge in [0.1, 0.15) is 4.90 Å². The SMILES string of the molecule is COCCn1cc(S(=O)(=O)NCCCC(=O)O)cn1. The van der Waals surface area contributed by atoms with E-state index in [0.717, 1.165) is 0 Å².